The fraction of sp³-hybridized carbons (Fsp3) is 0.667. The molecule has 10 heavy (non-hydrogen) atoms. The van der Waals surface area contributed by atoms with Gasteiger partial charge in [0.25, 0.3) is 0 Å². The summed E-state index contributed by atoms with van der Waals surface area (Å²) in [6.45, 7) is 0.612. The Balaban J connectivity index is 2.51. The van der Waals surface area contributed by atoms with Crippen molar-refractivity contribution in [3.8, 4) is 0 Å². The molecule has 0 aliphatic carbocycles. The lowest BCUT2D eigenvalue weighted by Gasteiger charge is -2.15. The second kappa shape index (κ2) is 3.14. The molecule has 1 aliphatic heterocycles. The first-order valence-corrected chi connectivity index (χ1v) is 4.18. The lowest BCUT2D eigenvalue weighted by Crippen LogP contribution is -2.36. The van der Waals surface area contributed by atoms with Gasteiger partial charge in [-0.05, 0) is 0 Å². The van der Waals surface area contributed by atoms with Gasteiger partial charge in [-0.15, -0.1) is 0 Å². The van der Waals surface area contributed by atoms with Crippen LogP contribution in [0.3, 0.4) is 0 Å². The van der Waals surface area contributed by atoms with Gasteiger partial charge >= 0.3 is 0 Å². The molecule has 3 nitrogen and oxygen atoms in total. The molecule has 0 fully saturated rings. The van der Waals surface area contributed by atoms with Crippen molar-refractivity contribution in [1.82, 2.24) is 4.90 Å². The predicted octanol–water partition coefficient (Wildman–Crippen LogP) is 0.293. The van der Waals surface area contributed by atoms with Crippen LogP contribution in [0.4, 0.5) is 0 Å². The van der Waals surface area contributed by atoms with E-state index in [2.05, 4.69) is 20.9 Å². The van der Waals surface area contributed by atoms with E-state index >= 15 is 0 Å². The summed E-state index contributed by atoms with van der Waals surface area (Å²) >= 11 is 3.12. The van der Waals surface area contributed by atoms with Gasteiger partial charge in [0.05, 0.1) is 18.2 Å². The first-order valence-electron chi connectivity index (χ1n) is 3.06. The maximum atomic E-state index is 11.1. The Kier molecular flexibility index (Phi) is 2.43. The maximum Gasteiger partial charge on any atom is 0.167 e. The molecule has 0 radical (unpaired) electrons. The number of Topliss-reactive ketones (excluding diaryl/α,β-unsaturated/α-hetero) is 1. The van der Waals surface area contributed by atoms with Crippen molar-refractivity contribution in [1.29, 1.82) is 0 Å². The van der Waals surface area contributed by atoms with Gasteiger partial charge in [-0.2, -0.15) is 0 Å². The lowest BCUT2D eigenvalue weighted by atomic mass is 10.2. The van der Waals surface area contributed by atoms with Crippen molar-refractivity contribution >= 4 is 28.1 Å². The predicted molar refractivity (Wildman–Crippen MR) is 43.7 cm³/mol. The molecular weight excluding hydrogens is 196 g/mol. The summed E-state index contributed by atoms with van der Waals surface area (Å²) in [5.74, 6) is 0.194. The number of nitrogens with zero attached hydrogens (tertiary/aromatic N) is 2. The van der Waals surface area contributed by atoms with E-state index in [1.165, 1.54) is 0 Å². The fourth-order valence-electron chi connectivity index (χ4n) is 0.903. The van der Waals surface area contributed by atoms with Crippen LogP contribution in [0.25, 0.3) is 0 Å². The third-order valence-electron chi connectivity index (χ3n) is 1.54. The van der Waals surface area contributed by atoms with Crippen LogP contribution in [0, 0.1) is 0 Å². The Labute approximate surface area is 68.2 Å². The van der Waals surface area contributed by atoms with E-state index in [1.807, 2.05) is 11.9 Å². The molecule has 4 heteroatoms. The minimum Gasteiger partial charge on any atom is -0.354 e. The molecule has 1 rings (SSSR count). The normalized spacial score (nSPS) is 23.8. The highest BCUT2D eigenvalue weighted by atomic mass is 79.9. The van der Waals surface area contributed by atoms with Gasteiger partial charge in [0.2, 0.25) is 0 Å². The molecule has 0 N–H and O–H groups in total. The van der Waals surface area contributed by atoms with E-state index in [0.717, 1.165) is 0 Å². The average molecular weight is 205 g/mol. The van der Waals surface area contributed by atoms with E-state index in [1.54, 1.807) is 6.34 Å². The quantitative estimate of drug-likeness (QED) is 0.607. The molecule has 1 unspecified atom stereocenters. The van der Waals surface area contributed by atoms with Crippen LogP contribution in [-0.4, -0.2) is 42.0 Å². The number of hydrogen-bond donors (Lipinski definition) is 0. The SMILES string of the molecule is CN1C=NCC1C(=O)CBr. The Hall–Kier alpha value is -0.380. The molecule has 0 bridgehead atoms. The minimum atomic E-state index is -0.0284. The molecule has 0 saturated carbocycles. The van der Waals surface area contributed by atoms with Crippen LogP contribution in [0.5, 0.6) is 0 Å². The number of likely N-dealkylation sites (N-methyl/N-ethyl adjacent to an activating group) is 1. The van der Waals surface area contributed by atoms with Gasteiger partial charge in [0, 0.05) is 7.05 Å². The summed E-state index contributed by atoms with van der Waals surface area (Å²) in [6, 6.07) is -0.0284. The van der Waals surface area contributed by atoms with Crippen molar-refractivity contribution < 1.29 is 4.79 Å². The third-order valence-corrected chi connectivity index (χ3v) is 2.09. The molecule has 0 saturated heterocycles. The summed E-state index contributed by atoms with van der Waals surface area (Å²) < 4.78 is 0. The van der Waals surface area contributed by atoms with E-state index in [9.17, 15) is 4.79 Å². The molecule has 1 atom stereocenters. The number of ketones is 1. The summed E-state index contributed by atoms with van der Waals surface area (Å²) in [5.41, 5.74) is 0. The third kappa shape index (κ3) is 1.37. The number of alkyl halides is 1. The largest absolute Gasteiger partial charge is 0.354 e. The summed E-state index contributed by atoms with van der Waals surface area (Å²) in [4.78, 5) is 16.9. The van der Waals surface area contributed by atoms with Crippen LogP contribution < -0.4 is 0 Å². The average Bonchev–Trinajstić information content (AvgIpc) is 2.34. The van der Waals surface area contributed by atoms with E-state index in [-0.39, 0.29) is 11.8 Å². The summed E-state index contributed by atoms with van der Waals surface area (Å²) in [7, 11) is 1.86. The molecule has 0 aromatic heterocycles. The van der Waals surface area contributed by atoms with Crippen LogP contribution in [0.1, 0.15) is 0 Å². The molecule has 1 aliphatic rings. The van der Waals surface area contributed by atoms with Gasteiger partial charge < -0.3 is 4.90 Å². The standard InChI is InChI=1S/C6H9BrN2O/c1-9-4-8-3-5(9)6(10)2-7/h4-5H,2-3H2,1H3. The minimum absolute atomic E-state index is 0.0284. The molecule has 56 valence electrons. The monoisotopic (exact) mass is 204 g/mol. The van der Waals surface area contributed by atoms with Gasteiger partial charge in [-0.25, -0.2) is 0 Å². The van der Waals surface area contributed by atoms with Crippen molar-refractivity contribution in [3.63, 3.8) is 0 Å². The number of hydrogen-bond acceptors (Lipinski definition) is 3. The van der Waals surface area contributed by atoms with Gasteiger partial charge in [0.15, 0.2) is 5.78 Å². The Morgan fingerprint density at radius 1 is 2.00 bits per heavy atom. The zero-order valence-corrected chi connectivity index (χ0v) is 7.34. The molecule has 0 aromatic carbocycles. The molecule has 0 spiro atoms. The number of carbonyl (C=O) groups is 1. The molecule has 0 amide bonds. The van der Waals surface area contributed by atoms with Gasteiger partial charge in [0.1, 0.15) is 6.04 Å². The maximum absolute atomic E-state index is 11.1. The lowest BCUT2D eigenvalue weighted by molar-refractivity contribution is -0.119. The zero-order chi connectivity index (χ0) is 7.56. The Morgan fingerprint density at radius 3 is 3.10 bits per heavy atom. The van der Waals surface area contributed by atoms with Crippen LogP contribution in [0.2, 0.25) is 0 Å². The smallest absolute Gasteiger partial charge is 0.167 e. The zero-order valence-electron chi connectivity index (χ0n) is 5.75. The van der Waals surface area contributed by atoms with Crippen molar-refractivity contribution in [3.05, 3.63) is 0 Å². The highest BCUT2D eigenvalue weighted by Crippen LogP contribution is 2.04. The van der Waals surface area contributed by atoms with E-state index < -0.39 is 0 Å². The van der Waals surface area contributed by atoms with Crippen molar-refractivity contribution in [2.24, 2.45) is 4.99 Å². The van der Waals surface area contributed by atoms with Gasteiger partial charge in [-0.1, -0.05) is 15.9 Å². The Morgan fingerprint density at radius 2 is 2.70 bits per heavy atom. The highest BCUT2D eigenvalue weighted by molar-refractivity contribution is 9.09. The summed E-state index contributed by atoms with van der Waals surface area (Å²) in [6.07, 6.45) is 1.70. The van der Waals surface area contributed by atoms with Crippen LogP contribution >= 0.6 is 15.9 Å². The fourth-order valence-corrected chi connectivity index (χ4v) is 1.28. The Bertz CT molecular complexity index is 169. The van der Waals surface area contributed by atoms with E-state index in [4.69, 9.17) is 0 Å². The topological polar surface area (TPSA) is 32.7 Å². The van der Waals surface area contributed by atoms with Gasteiger partial charge in [-0.3, -0.25) is 9.79 Å². The number of carbonyl (C=O) groups excluding carboxylic acids is 1. The molecular formula is C6H9BrN2O. The van der Waals surface area contributed by atoms with Crippen LogP contribution in [-0.2, 0) is 4.79 Å². The van der Waals surface area contributed by atoms with Crippen molar-refractivity contribution in [2.45, 2.75) is 6.04 Å². The number of rotatable bonds is 2. The molecule has 1 heterocycles. The van der Waals surface area contributed by atoms with Crippen molar-refractivity contribution in [2.75, 3.05) is 18.9 Å². The summed E-state index contributed by atoms with van der Waals surface area (Å²) in [5, 5.41) is 0.422. The second-order valence-electron chi connectivity index (χ2n) is 2.26. The van der Waals surface area contributed by atoms with Crippen LogP contribution in [0.15, 0.2) is 4.99 Å². The number of aliphatic imine (C=N–C) groups is 1. The highest BCUT2D eigenvalue weighted by Gasteiger charge is 2.22. The first kappa shape index (κ1) is 7.72. The molecule has 0 aromatic rings. The second-order valence-corrected chi connectivity index (χ2v) is 2.82. The van der Waals surface area contributed by atoms with E-state index in [0.29, 0.717) is 11.9 Å². The first-order chi connectivity index (χ1) is 4.75. The number of halogens is 1.